The van der Waals surface area contributed by atoms with Gasteiger partial charge in [0.2, 0.25) is 0 Å². The molecule has 1 amide bonds. The Morgan fingerprint density at radius 2 is 2.06 bits per heavy atom. The number of nitrogens with zero attached hydrogens (tertiary/aromatic N) is 4. The predicted octanol–water partition coefficient (Wildman–Crippen LogP) is 4.81. The van der Waals surface area contributed by atoms with Gasteiger partial charge in [0.1, 0.15) is 5.82 Å². The van der Waals surface area contributed by atoms with Gasteiger partial charge in [-0.1, -0.05) is 18.2 Å². The minimum Gasteiger partial charge on any atom is -0.328 e. The van der Waals surface area contributed by atoms with Crippen LogP contribution in [0.25, 0.3) is 22.0 Å². The van der Waals surface area contributed by atoms with Crippen molar-refractivity contribution >= 4 is 16.8 Å². The molecular weight excluding hydrogens is 391 g/mol. The highest BCUT2D eigenvalue weighted by Crippen LogP contribution is 2.45. The van der Waals surface area contributed by atoms with Crippen molar-refractivity contribution in [2.45, 2.75) is 31.8 Å². The highest BCUT2D eigenvalue weighted by molar-refractivity contribution is 5.98. The molecule has 0 bridgehead atoms. The molecule has 2 aliphatic rings. The number of hydrogen-bond donors (Lipinski definition) is 0. The van der Waals surface area contributed by atoms with Crippen LogP contribution >= 0.6 is 0 Å². The molecule has 4 aromatic rings. The van der Waals surface area contributed by atoms with E-state index in [1.54, 1.807) is 35.4 Å². The van der Waals surface area contributed by atoms with E-state index in [1.165, 1.54) is 12.3 Å². The summed E-state index contributed by atoms with van der Waals surface area (Å²) in [5.41, 5.74) is 4.69. The zero-order chi connectivity index (χ0) is 23.6. The smallest absolute Gasteiger partial charge is 0.256 e. The maximum Gasteiger partial charge on any atom is 0.256 e. The fraction of sp³-hybridized carbons (Fsp3) is 0.240. The van der Waals surface area contributed by atoms with E-state index in [2.05, 4.69) is 10.1 Å². The van der Waals surface area contributed by atoms with Crippen molar-refractivity contribution in [3.05, 3.63) is 83.1 Å². The zero-order valence-electron chi connectivity index (χ0n) is 19.7. The molecule has 1 aliphatic carbocycles. The maximum absolute atomic E-state index is 15.6. The Morgan fingerprint density at radius 3 is 2.87 bits per heavy atom. The summed E-state index contributed by atoms with van der Waals surface area (Å²) in [5, 5.41) is 4.84. The van der Waals surface area contributed by atoms with Crippen molar-refractivity contribution in [3.63, 3.8) is 0 Å². The van der Waals surface area contributed by atoms with Crippen LogP contribution in [0.3, 0.4) is 0 Å². The van der Waals surface area contributed by atoms with Crippen LogP contribution in [0.1, 0.15) is 50.1 Å². The van der Waals surface area contributed by atoms with Gasteiger partial charge in [-0.3, -0.25) is 14.5 Å². The molecule has 0 atom stereocenters. The Kier molecular flexibility index (Phi) is 3.32. The number of halogens is 1. The normalized spacial score (nSPS) is 17.5. The summed E-state index contributed by atoms with van der Waals surface area (Å²) in [7, 11) is 0. The van der Waals surface area contributed by atoms with Crippen LogP contribution < -0.4 is 0 Å². The van der Waals surface area contributed by atoms with E-state index in [-0.39, 0.29) is 24.2 Å². The molecule has 1 fully saturated rings. The quantitative estimate of drug-likeness (QED) is 0.481. The fourth-order valence-corrected chi connectivity index (χ4v) is 4.53. The third-order valence-corrected chi connectivity index (χ3v) is 6.21. The number of carbonyl (C=O) groups excluding carboxylic acids is 1. The average molecular weight is 415 g/mol. The summed E-state index contributed by atoms with van der Waals surface area (Å²) in [4.78, 5) is 18.8. The number of fused-ring (bicyclic) bond motifs is 2. The molecule has 5 nitrogen and oxygen atoms in total. The maximum atomic E-state index is 15.6. The minimum atomic E-state index is -2.39. The number of benzene rings is 2. The number of aryl methyl sites for hydroxylation is 1. The first-order chi connectivity index (χ1) is 16.3. The lowest BCUT2D eigenvalue weighted by molar-refractivity contribution is 0.0764. The standard InChI is InChI=1S/C25H21FN4O/c1-29-12-21-17(4-2-6-23(21)28-29)16-10-19(15-7-8-15)20(22(26)11-16)13-30-14-24-18(25(30)31)5-3-9-27-24/h2-6,9-12,15H,7-8,13-14H2,1H3/i1D3. The van der Waals surface area contributed by atoms with Gasteiger partial charge >= 0.3 is 0 Å². The molecule has 3 heterocycles. The number of hydrogen-bond acceptors (Lipinski definition) is 3. The Balaban J connectivity index is 1.41. The predicted molar refractivity (Wildman–Crippen MR) is 116 cm³/mol. The average Bonchev–Trinajstić information content (AvgIpc) is 3.46. The molecule has 0 N–H and O–H groups in total. The van der Waals surface area contributed by atoms with Gasteiger partial charge in [-0.15, -0.1) is 0 Å². The third kappa shape index (κ3) is 3.02. The Bertz CT molecular complexity index is 1460. The summed E-state index contributed by atoms with van der Waals surface area (Å²) in [6, 6.07) is 12.4. The minimum absolute atomic E-state index is 0.129. The summed E-state index contributed by atoms with van der Waals surface area (Å²) in [5.74, 6) is -0.238. The molecule has 0 saturated heterocycles. The van der Waals surface area contributed by atoms with Crippen LogP contribution in [-0.2, 0) is 20.1 Å². The van der Waals surface area contributed by atoms with Crippen molar-refractivity contribution < 1.29 is 13.3 Å². The van der Waals surface area contributed by atoms with Gasteiger partial charge in [0, 0.05) is 41.0 Å². The van der Waals surface area contributed by atoms with E-state index >= 15 is 4.39 Å². The highest BCUT2D eigenvalue weighted by Gasteiger charge is 2.33. The molecule has 0 spiro atoms. The van der Waals surface area contributed by atoms with E-state index < -0.39 is 6.98 Å². The molecule has 0 radical (unpaired) electrons. The van der Waals surface area contributed by atoms with Gasteiger partial charge in [0.25, 0.3) is 5.91 Å². The molecule has 2 aromatic carbocycles. The van der Waals surface area contributed by atoms with Crippen molar-refractivity contribution in [2.24, 2.45) is 6.98 Å². The molecule has 6 rings (SSSR count). The number of carbonyl (C=O) groups is 1. The van der Waals surface area contributed by atoms with Gasteiger partial charge in [0.15, 0.2) is 0 Å². The Hall–Kier alpha value is -3.54. The van der Waals surface area contributed by atoms with Crippen LogP contribution in [0.2, 0.25) is 0 Å². The first-order valence-corrected chi connectivity index (χ1v) is 10.3. The largest absolute Gasteiger partial charge is 0.328 e. The lowest BCUT2D eigenvalue weighted by Crippen LogP contribution is -2.24. The number of amides is 1. The van der Waals surface area contributed by atoms with Gasteiger partial charge in [-0.2, -0.15) is 5.10 Å². The second-order valence-electron chi connectivity index (χ2n) is 8.27. The monoisotopic (exact) mass is 415 g/mol. The van der Waals surface area contributed by atoms with E-state index in [4.69, 9.17) is 4.11 Å². The number of rotatable bonds is 4. The number of pyridine rings is 1. The van der Waals surface area contributed by atoms with Gasteiger partial charge in [-0.25, -0.2) is 4.39 Å². The lowest BCUT2D eigenvalue weighted by Gasteiger charge is -2.20. The first kappa shape index (κ1) is 15.3. The van der Waals surface area contributed by atoms with Crippen LogP contribution in [0.15, 0.2) is 54.9 Å². The van der Waals surface area contributed by atoms with Gasteiger partial charge in [0.05, 0.1) is 23.3 Å². The van der Waals surface area contributed by atoms with Crippen LogP contribution in [0, 0.1) is 5.82 Å². The fourth-order valence-electron chi connectivity index (χ4n) is 4.53. The first-order valence-electron chi connectivity index (χ1n) is 11.8. The summed E-state index contributed by atoms with van der Waals surface area (Å²) >= 11 is 0. The number of aromatic nitrogens is 3. The van der Waals surface area contributed by atoms with E-state index in [1.807, 2.05) is 12.1 Å². The Labute approximate surface area is 183 Å². The van der Waals surface area contributed by atoms with E-state index in [9.17, 15) is 4.79 Å². The SMILES string of the molecule is [2H]C([2H])([2H])n1cc2c(-c3cc(F)c(CN4Cc5ncccc5C4=O)c(C4CC4)c3)cccc2n1. The van der Waals surface area contributed by atoms with E-state index in [0.29, 0.717) is 34.1 Å². The van der Waals surface area contributed by atoms with Crippen molar-refractivity contribution in [1.29, 1.82) is 0 Å². The Morgan fingerprint density at radius 1 is 1.19 bits per heavy atom. The molecule has 1 saturated carbocycles. The molecular formula is C25H21FN4O. The topological polar surface area (TPSA) is 51.0 Å². The lowest BCUT2D eigenvalue weighted by atomic mass is 9.94. The van der Waals surface area contributed by atoms with Crippen molar-refractivity contribution in [3.8, 4) is 11.1 Å². The van der Waals surface area contributed by atoms with Crippen LogP contribution in [0.4, 0.5) is 4.39 Å². The summed E-state index contributed by atoms with van der Waals surface area (Å²) in [6.07, 6.45) is 5.11. The second kappa shape index (κ2) is 6.74. The molecule has 1 aliphatic heterocycles. The van der Waals surface area contributed by atoms with Gasteiger partial charge < -0.3 is 4.90 Å². The van der Waals surface area contributed by atoms with Crippen molar-refractivity contribution in [1.82, 2.24) is 19.7 Å². The highest BCUT2D eigenvalue weighted by atomic mass is 19.1. The molecule has 2 aromatic heterocycles. The second-order valence-corrected chi connectivity index (χ2v) is 8.27. The van der Waals surface area contributed by atoms with Crippen LogP contribution in [0.5, 0.6) is 0 Å². The summed E-state index contributed by atoms with van der Waals surface area (Å²) in [6.45, 7) is -1.83. The molecule has 6 heteroatoms. The summed E-state index contributed by atoms with van der Waals surface area (Å²) < 4.78 is 39.5. The molecule has 154 valence electrons. The third-order valence-electron chi connectivity index (χ3n) is 6.21. The van der Waals surface area contributed by atoms with Crippen LogP contribution in [-0.4, -0.2) is 25.6 Å². The van der Waals surface area contributed by atoms with Crippen molar-refractivity contribution in [2.75, 3.05) is 0 Å². The van der Waals surface area contributed by atoms with Gasteiger partial charge in [-0.05, 0) is 59.7 Å². The zero-order valence-corrected chi connectivity index (χ0v) is 16.7. The molecule has 31 heavy (non-hydrogen) atoms. The molecule has 0 unspecified atom stereocenters. The van der Waals surface area contributed by atoms with E-state index in [0.717, 1.165) is 34.3 Å².